The lowest BCUT2D eigenvalue weighted by atomic mass is 10.1. The molecule has 1 aromatic heterocycles. The van der Waals surface area contributed by atoms with Gasteiger partial charge in [-0.1, -0.05) is 13.8 Å². The van der Waals surface area contributed by atoms with Crippen molar-refractivity contribution in [3.8, 4) is 0 Å². The molecule has 0 aliphatic carbocycles. The summed E-state index contributed by atoms with van der Waals surface area (Å²) in [5.74, 6) is 4.74. The van der Waals surface area contributed by atoms with Crippen molar-refractivity contribution in [3.63, 3.8) is 0 Å². The van der Waals surface area contributed by atoms with Crippen LogP contribution in [0.1, 0.15) is 13.8 Å². The molecule has 1 aromatic rings. The molecule has 5 nitrogen and oxygen atoms in total. The van der Waals surface area contributed by atoms with Crippen LogP contribution in [0.5, 0.6) is 0 Å². The minimum Gasteiger partial charge on any atom is -0.397 e. The van der Waals surface area contributed by atoms with E-state index in [0.717, 1.165) is 5.03 Å². The molecule has 2 unspecified atom stereocenters. The fourth-order valence-corrected chi connectivity index (χ4v) is 2.07. The van der Waals surface area contributed by atoms with Crippen molar-refractivity contribution in [1.29, 1.82) is 0 Å². The zero-order valence-electron chi connectivity index (χ0n) is 9.31. The van der Waals surface area contributed by atoms with Gasteiger partial charge in [-0.3, -0.25) is 10.2 Å². The van der Waals surface area contributed by atoms with Gasteiger partial charge in [0.25, 0.3) is 0 Å². The Kier molecular flexibility index (Phi) is 4.57. The molecule has 0 saturated heterocycles. The van der Waals surface area contributed by atoms with Crippen molar-refractivity contribution in [2.24, 2.45) is 11.8 Å². The van der Waals surface area contributed by atoms with E-state index in [4.69, 9.17) is 11.6 Å². The van der Waals surface area contributed by atoms with E-state index < -0.39 is 0 Å². The maximum Gasteiger partial charge on any atom is 0.237 e. The van der Waals surface area contributed by atoms with Gasteiger partial charge in [0.05, 0.1) is 16.9 Å². The number of pyridine rings is 1. The molecule has 5 N–H and O–H groups in total. The number of hydrogen-bond acceptors (Lipinski definition) is 5. The van der Waals surface area contributed by atoms with Gasteiger partial charge in [0.2, 0.25) is 5.91 Å². The van der Waals surface area contributed by atoms with Gasteiger partial charge in [-0.05, 0) is 12.1 Å². The van der Waals surface area contributed by atoms with Gasteiger partial charge in [0.15, 0.2) is 0 Å². The first kappa shape index (κ1) is 12.8. The zero-order chi connectivity index (χ0) is 12.1. The van der Waals surface area contributed by atoms with Crippen molar-refractivity contribution < 1.29 is 4.79 Å². The Hall–Kier alpha value is -1.27. The number of rotatable bonds is 4. The number of nitrogens with one attached hydrogen (secondary N) is 1. The number of nitrogen functional groups attached to an aromatic ring is 1. The second-order valence-corrected chi connectivity index (χ2v) is 4.95. The molecule has 16 heavy (non-hydrogen) atoms. The molecule has 0 aliphatic rings. The molecule has 0 fully saturated rings. The highest BCUT2D eigenvalue weighted by atomic mass is 32.2. The minimum absolute atomic E-state index is 0.0969. The van der Waals surface area contributed by atoms with E-state index in [-0.39, 0.29) is 17.1 Å². The fourth-order valence-electron chi connectivity index (χ4n) is 1.10. The minimum atomic E-state index is -0.172. The van der Waals surface area contributed by atoms with E-state index in [0.29, 0.717) is 5.69 Å². The molecule has 2 atom stereocenters. The average Bonchev–Trinajstić information content (AvgIpc) is 2.30. The summed E-state index contributed by atoms with van der Waals surface area (Å²) >= 11 is 1.52. The summed E-state index contributed by atoms with van der Waals surface area (Å²) < 4.78 is 0. The molecule has 1 rings (SSSR count). The van der Waals surface area contributed by atoms with Crippen molar-refractivity contribution in [1.82, 2.24) is 10.4 Å². The van der Waals surface area contributed by atoms with Crippen molar-refractivity contribution >= 4 is 23.4 Å². The first-order valence-electron chi connectivity index (χ1n) is 4.93. The first-order valence-corrected chi connectivity index (χ1v) is 5.81. The normalized spacial score (nSPS) is 14.2. The van der Waals surface area contributed by atoms with Crippen LogP contribution in [0.4, 0.5) is 5.69 Å². The molecule has 0 radical (unpaired) electrons. The Balaban J connectivity index is 2.60. The number of anilines is 1. The van der Waals surface area contributed by atoms with Crippen LogP contribution >= 0.6 is 11.8 Å². The largest absolute Gasteiger partial charge is 0.397 e. The SMILES string of the molecule is CC(Sc1ccc(N)cn1)C(C)C(=O)NN. The molecular weight excluding hydrogens is 224 g/mol. The van der Waals surface area contributed by atoms with E-state index in [1.807, 2.05) is 19.9 Å². The van der Waals surface area contributed by atoms with Crippen LogP contribution in [0.15, 0.2) is 23.4 Å². The highest BCUT2D eigenvalue weighted by molar-refractivity contribution is 7.99. The molecule has 0 aliphatic heterocycles. The van der Waals surface area contributed by atoms with Gasteiger partial charge >= 0.3 is 0 Å². The summed E-state index contributed by atoms with van der Waals surface area (Å²) in [6, 6.07) is 3.62. The van der Waals surface area contributed by atoms with Gasteiger partial charge in [-0.25, -0.2) is 10.8 Å². The lowest BCUT2D eigenvalue weighted by molar-refractivity contribution is -0.124. The van der Waals surface area contributed by atoms with Crippen LogP contribution in [-0.4, -0.2) is 16.1 Å². The maximum atomic E-state index is 11.3. The van der Waals surface area contributed by atoms with Crippen LogP contribution in [-0.2, 0) is 4.79 Å². The quantitative estimate of drug-likeness (QED) is 0.313. The van der Waals surface area contributed by atoms with Gasteiger partial charge in [-0.15, -0.1) is 11.8 Å². The number of hydrazine groups is 1. The summed E-state index contributed by atoms with van der Waals surface area (Å²) in [4.78, 5) is 15.5. The first-order chi connectivity index (χ1) is 7.54. The number of amides is 1. The molecule has 0 saturated carbocycles. The number of hydrogen-bond donors (Lipinski definition) is 3. The number of thioether (sulfide) groups is 1. The van der Waals surface area contributed by atoms with Crippen molar-refractivity contribution in [2.75, 3.05) is 5.73 Å². The summed E-state index contributed by atoms with van der Waals surface area (Å²) in [6.07, 6.45) is 1.60. The van der Waals surface area contributed by atoms with E-state index >= 15 is 0 Å². The lowest BCUT2D eigenvalue weighted by Gasteiger charge is -2.17. The Morgan fingerprint density at radius 1 is 1.50 bits per heavy atom. The van der Waals surface area contributed by atoms with E-state index in [1.54, 1.807) is 12.3 Å². The zero-order valence-corrected chi connectivity index (χ0v) is 10.1. The summed E-state index contributed by atoms with van der Waals surface area (Å²) in [5.41, 5.74) is 8.31. The van der Waals surface area contributed by atoms with E-state index in [2.05, 4.69) is 10.4 Å². The average molecular weight is 240 g/mol. The van der Waals surface area contributed by atoms with E-state index in [1.165, 1.54) is 11.8 Å². The van der Waals surface area contributed by atoms with Crippen LogP contribution < -0.4 is 17.0 Å². The Labute approximate surface area is 99.0 Å². The summed E-state index contributed by atoms with van der Waals surface area (Å²) in [7, 11) is 0. The van der Waals surface area contributed by atoms with E-state index in [9.17, 15) is 4.79 Å². The third-order valence-electron chi connectivity index (χ3n) is 2.33. The smallest absolute Gasteiger partial charge is 0.237 e. The Morgan fingerprint density at radius 2 is 2.19 bits per heavy atom. The van der Waals surface area contributed by atoms with Gasteiger partial charge in [0.1, 0.15) is 0 Å². The lowest BCUT2D eigenvalue weighted by Crippen LogP contribution is -2.38. The highest BCUT2D eigenvalue weighted by Gasteiger charge is 2.20. The molecule has 1 amide bonds. The predicted molar refractivity (Wildman–Crippen MR) is 65.5 cm³/mol. The number of carbonyl (C=O) groups is 1. The number of aromatic nitrogens is 1. The highest BCUT2D eigenvalue weighted by Crippen LogP contribution is 2.26. The Bertz CT molecular complexity index is 354. The molecule has 0 aromatic carbocycles. The van der Waals surface area contributed by atoms with Crippen LogP contribution in [0, 0.1) is 5.92 Å². The van der Waals surface area contributed by atoms with Crippen molar-refractivity contribution in [2.45, 2.75) is 24.1 Å². The molecule has 88 valence electrons. The standard InChI is InChI=1S/C10H16N4OS/c1-6(10(15)14-12)7(2)16-9-4-3-8(11)5-13-9/h3-7H,11-12H2,1-2H3,(H,14,15). The predicted octanol–water partition coefficient (Wildman–Crippen LogP) is 0.770. The monoisotopic (exact) mass is 240 g/mol. The second kappa shape index (κ2) is 5.72. The summed E-state index contributed by atoms with van der Waals surface area (Å²) in [6.45, 7) is 3.79. The summed E-state index contributed by atoms with van der Waals surface area (Å²) in [5, 5.41) is 0.943. The molecule has 6 heteroatoms. The molecular formula is C10H16N4OS. The number of nitrogens with zero attached hydrogens (tertiary/aromatic N) is 1. The Morgan fingerprint density at radius 3 is 2.69 bits per heavy atom. The molecule has 0 bridgehead atoms. The topological polar surface area (TPSA) is 94.0 Å². The number of nitrogens with two attached hydrogens (primary N) is 2. The van der Waals surface area contributed by atoms with Gasteiger partial charge in [0, 0.05) is 11.2 Å². The van der Waals surface area contributed by atoms with Gasteiger partial charge in [-0.2, -0.15) is 0 Å². The van der Waals surface area contributed by atoms with Gasteiger partial charge < -0.3 is 5.73 Å². The van der Waals surface area contributed by atoms with Crippen molar-refractivity contribution in [3.05, 3.63) is 18.3 Å². The fraction of sp³-hybridized carbons (Fsp3) is 0.400. The van der Waals surface area contributed by atoms with Crippen LogP contribution in [0.3, 0.4) is 0 Å². The second-order valence-electron chi connectivity index (χ2n) is 3.55. The molecule has 0 spiro atoms. The number of carbonyl (C=O) groups excluding carboxylic acids is 1. The van der Waals surface area contributed by atoms with Crippen LogP contribution in [0.25, 0.3) is 0 Å². The maximum absolute atomic E-state index is 11.3. The van der Waals surface area contributed by atoms with Crippen LogP contribution in [0.2, 0.25) is 0 Å². The third-order valence-corrected chi connectivity index (χ3v) is 3.59. The molecule has 1 heterocycles. The third kappa shape index (κ3) is 3.39.